The van der Waals surface area contributed by atoms with E-state index >= 15 is 0 Å². The van der Waals surface area contributed by atoms with Crippen molar-refractivity contribution < 1.29 is 40.8 Å². The number of nitro benzene ring substituents is 1. The molecule has 0 aromatic heterocycles. The number of halogens is 5. The van der Waals surface area contributed by atoms with E-state index in [4.69, 9.17) is 25.4 Å². The zero-order valence-corrected chi connectivity index (χ0v) is 19.7. The largest absolute Gasteiger partial charge is 0.465 e. The van der Waals surface area contributed by atoms with E-state index in [1.165, 1.54) is 36.4 Å². The van der Waals surface area contributed by atoms with E-state index in [9.17, 15) is 32.2 Å². The second kappa shape index (κ2) is 9.94. The number of hydrogen-bond donors (Lipinski definition) is 0. The number of nitrogens with zero attached hydrogens (tertiary/aromatic N) is 1. The highest BCUT2D eigenvalue weighted by Crippen LogP contribution is 2.67. The van der Waals surface area contributed by atoms with Crippen molar-refractivity contribution in [2.45, 2.75) is 11.5 Å². The molecule has 0 saturated heterocycles. The minimum atomic E-state index is -5.10. The topological polar surface area (TPSA) is 87.9 Å². The molecule has 3 rings (SSSR count). The van der Waals surface area contributed by atoms with Crippen LogP contribution in [0.4, 0.5) is 23.2 Å². The van der Waals surface area contributed by atoms with Gasteiger partial charge in [-0.25, -0.2) is 4.39 Å². The summed E-state index contributed by atoms with van der Waals surface area (Å²) in [6.45, 7) is 0. The van der Waals surface area contributed by atoms with Gasteiger partial charge in [-0.05, 0) is 36.4 Å². The Kier molecular flexibility index (Phi) is 7.56. The van der Waals surface area contributed by atoms with Gasteiger partial charge in [0.1, 0.15) is 17.1 Å². The first-order valence-corrected chi connectivity index (χ1v) is 11.6. The van der Waals surface area contributed by atoms with Crippen LogP contribution in [0.1, 0.15) is 16.7 Å². The molecule has 0 heterocycles. The lowest BCUT2D eigenvalue weighted by molar-refractivity contribution is -0.388. The lowest BCUT2D eigenvalue weighted by Gasteiger charge is -2.39. The Morgan fingerprint density at radius 3 is 1.89 bits per heavy atom. The second-order valence-corrected chi connectivity index (χ2v) is 9.85. The molecule has 0 saturated carbocycles. The molecule has 1 unspecified atom stereocenters. The molecule has 3 aromatic rings. The van der Waals surface area contributed by atoms with E-state index in [0.717, 1.165) is 32.4 Å². The maximum absolute atomic E-state index is 14.0. The summed E-state index contributed by atoms with van der Waals surface area (Å²) < 4.78 is 84.9. The van der Waals surface area contributed by atoms with E-state index in [1.54, 1.807) is 0 Å². The highest BCUT2D eigenvalue weighted by molar-refractivity contribution is 7.55. The molecule has 3 aromatic carbocycles. The molecule has 0 N–H and O–H groups in total. The van der Waals surface area contributed by atoms with Crippen LogP contribution in [0.5, 0.6) is 5.75 Å². The fourth-order valence-corrected chi connectivity index (χ4v) is 5.41. The summed E-state index contributed by atoms with van der Waals surface area (Å²) in [5, 5.41) is 9.16. The van der Waals surface area contributed by atoms with Crippen LogP contribution in [0.25, 0.3) is 0 Å². The summed E-state index contributed by atoms with van der Waals surface area (Å²) in [5.74, 6) is -1.20. The Morgan fingerprint density at radius 2 is 1.43 bits per heavy atom. The third-order valence-electron chi connectivity index (χ3n) is 5.07. The lowest BCUT2D eigenvalue weighted by Crippen LogP contribution is -2.36. The van der Waals surface area contributed by atoms with E-state index in [1.807, 2.05) is 0 Å². The highest BCUT2D eigenvalue weighted by Gasteiger charge is 2.56. The summed E-state index contributed by atoms with van der Waals surface area (Å²) in [5.41, 5.74) is -2.72. The molecule has 0 radical (unpaired) electrons. The highest BCUT2D eigenvalue weighted by atomic mass is 35.5. The van der Waals surface area contributed by atoms with Crippen LogP contribution >= 0.6 is 19.2 Å². The summed E-state index contributed by atoms with van der Waals surface area (Å²) >= 11 is 5.98. The molecule has 0 fully saturated rings. The van der Waals surface area contributed by atoms with Gasteiger partial charge in [-0.3, -0.25) is 14.7 Å². The van der Waals surface area contributed by atoms with Gasteiger partial charge >= 0.3 is 13.8 Å². The van der Waals surface area contributed by atoms with Gasteiger partial charge in [0, 0.05) is 36.4 Å². The normalized spacial score (nSPS) is 13.8. The predicted molar refractivity (Wildman–Crippen MR) is 119 cm³/mol. The second-order valence-electron chi connectivity index (χ2n) is 7.06. The van der Waals surface area contributed by atoms with Crippen molar-refractivity contribution in [2.24, 2.45) is 0 Å². The smallest absolute Gasteiger partial charge is 0.423 e. The quantitative estimate of drug-likeness (QED) is 0.132. The van der Waals surface area contributed by atoms with Crippen LogP contribution in [0.3, 0.4) is 0 Å². The van der Waals surface area contributed by atoms with E-state index in [0.29, 0.717) is 12.1 Å². The fourth-order valence-electron chi connectivity index (χ4n) is 3.48. The Balaban J connectivity index is 2.38. The number of benzene rings is 3. The maximum Gasteiger partial charge on any atom is 0.423 e. The standard InChI is InChI=1S/C22H17ClF4NO6P/c1-32-35(31,33-2)21(14-3-7-16(23)8-4-14,15-5-9-17(24)10-6-15)34-18-11-12-20(28(29)30)19(13-18)22(25,26)27/h3-13H,1-2H3. The molecule has 186 valence electrons. The summed E-state index contributed by atoms with van der Waals surface area (Å²) in [6, 6.07) is 12.0. The zero-order valence-electron chi connectivity index (χ0n) is 18.1. The molecular weight excluding hydrogens is 517 g/mol. The maximum atomic E-state index is 14.0. The van der Waals surface area contributed by atoms with Gasteiger partial charge in [-0.15, -0.1) is 0 Å². The number of alkyl halides is 3. The Morgan fingerprint density at radius 1 is 0.914 bits per heavy atom. The minimum absolute atomic E-state index is 0.000155. The van der Waals surface area contributed by atoms with Crippen molar-refractivity contribution >= 4 is 24.9 Å². The number of nitro groups is 1. The van der Waals surface area contributed by atoms with Crippen molar-refractivity contribution in [3.8, 4) is 5.75 Å². The van der Waals surface area contributed by atoms with Gasteiger partial charge in [0.15, 0.2) is 0 Å². The zero-order chi connectivity index (χ0) is 26.0. The molecule has 0 aliphatic heterocycles. The van der Waals surface area contributed by atoms with Crippen molar-refractivity contribution in [2.75, 3.05) is 14.2 Å². The van der Waals surface area contributed by atoms with Crippen LogP contribution in [0, 0.1) is 15.9 Å². The van der Waals surface area contributed by atoms with E-state index in [-0.39, 0.29) is 16.1 Å². The van der Waals surface area contributed by atoms with Crippen molar-refractivity contribution in [1.82, 2.24) is 0 Å². The van der Waals surface area contributed by atoms with Gasteiger partial charge in [0.2, 0.25) is 0 Å². The Hall–Kier alpha value is -2.98. The average molecular weight is 534 g/mol. The summed E-state index contributed by atoms with van der Waals surface area (Å²) in [7, 11) is -2.37. The van der Waals surface area contributed by atoms with Crippen molar-refractivity contribution in [3.63, 3.8) is 0 Å². The Bertz CT molecular complexity index is 1210. The third kappa shape index (κ3) is 5.04. The minimum Gasteiger partial charge on any atom is -0.465 e. The van der Waals surface area contributed by atoms with Crippen molar-refractivity contribution in [1.29, 1.82) is 0 Å². The first kappa shape index (κ1) is 26.6. The average Bonchev–Trinajstić information content (AvgIpc) is 2.82. The molecule has 13 heteroatoms. The number of rotatable bonds is 8. The third-order valence-corrected chi connectivity index (χ3v) is 7.67. The van der Waals surface area contributed by atoms with Gasteiger partial charge in [-0.2, -0.15) is 13.2 Å². The molecule has 0 aliphatic rings. The SMILES string of the molecule is COP(=O)(OC)C(Oc1ccc([N+](=O)[O-])c(C(F)(F)F)c1)(c1ccc(F)cc1)c1ccc(Cl)cc1. The van der Waals surface area contributed by atoms with Gasteiger partial charge in [0.25, 0.3) is 11.0 Å². The molecule has 0 aliphatic carbocycles. The number of hydrogen-bond acceptors (Lipinski definition) is 6. The first-order chi connectivity index (χ1) is 16.4. The molecule has 35 heavy (non-hydrogen) atoms. The van der Waals surface area contributed by atoms with Gasteiger partial charge in [-0.1, -0.05) is 35.9 Å². The molecule has 0 bridgehead atoms. The van der Waals surface area contributed by atoms with Gasteiger partial charge in [0.05, 0.1) is 4.92 Å². The fraction of sp³-hybridized carbons (Fsp3) is 0.182. The summed E-state index contributed by atoms with van der Waals surface area (Å²) in [6.07, 6.45) is -5.10. The van der Waals surface area contributed by atoms with Crippen LogP contribution in [0.2, 0.25) is 5.02 Å². The molecule has 7 nitrogen and oxygen atoms in total. The first-order valence-electron chi connectivity index (χ1n) is 9.66. The van der Waals surface area contributed by atoms with Crippen molar-refractivity contribution in [3.05, 3.63) is 104 Å². The van der Waals surface area contributed by atoms with Gasteiger partial charge < -0.3 is 13.8 Å². The van der Waals surface area contributed by atoms with Crippen LogP contribution in [0.15, 0.2) is 66.7 Å². The number of ether oxygens (including phenoxy) is 1. The van der Waals surface area contributed by atoms with Crippen LogP contribution < -0.4 is 4.74 Å². The lowest BCUT2D eigenvalue weighted by atomic mass is 10.00. The molecule has 0 spiro atoms. The Labute approximate surface area is 201 Å². The van der Waals surface area contributed by atoms with E-state index in [2.05, 4.69) is 0 Å². The monoisotopic (exact) mass is 533 g/mol. The summed E-state index contributed by atoms with van der Waals surface area (Å²) in [4.78, 5) is 9.97. The molecule has 0 amide bonds. The van der Waals surface area contributed by atoms with Crippen LogP contribution in [-0.4, -0.2) is 19.1 Å². The molecular formula is C22H17ClF4NO6P. The van der Waals surface area contributed by atoms with E-state index < -0.39 is 46.9 Å². The molecule has 1 atom stereocenters. The predicted octanol–water partition coefficient (Wildman–Crippen LogP) is 7.17. The van der Waals surface area contributed by atoms with Crippen LogP contribution in [-0.2, 0) is 25.1 Å².